The minimum Gasteiger partial charge on any atom is -0.308 e. The van der Waals surface area contributed by atoms with Gasteiger partial charge in [-0.3, -0.25) is 4.90 Å². The topological polar surface area (TPSA) is 28.2 Å². The number of aromatic nitrogens is 1. The number of rotatable bonds is 4. The van der Waals surface area contributed by atoms with Gasteiger partial charge in [-0.2, -0.15) is 0 Å². The predicted molar refractivity (Wildman–Crippen MR) is 95.9 cm³/mol. The molecule has 0 radical (unpaired) electrons. The van der Waals surface area contributed by atoms with E-state index in [1.54, 1.807) is 22.5 Å². The van der Waals surface area contributed by atoms with Crippen molar-refractivity contribution in [3.8, 4) is 0 Å². The Bertz CT molecular complexity index is 641. The van der Waals surface area contributed by atoms with Crippen LogP contribution in [-0.2, 0) is 19.4 Å². The minimum atomic E-state index is 0.620. The monoisotopic (exact) mass is 327 g/mol. The standard InChI is InChI=1S/C19H25N3S/c1-14-20-11-19(23-14)12-21-17-7-4-8-22(13-17)18-9-15-5-2-3-6-16(15)10-18/h2-3,5-6,11,17-18,21H,4,7-10,12-13H2,1H3/t17-/m1/s1. The summed E-state index contributed by atoms with van der Waals surface area (Å²) in [6.45, 7) is 5.50. The zero-order chi connectivity index (χ0) is 15.6. The summed E-state index contributed by atoms with van der Waals surface area (Å²) in [6.07, 6.45) is 7.09. The molecule has 3 nitrogen and oxygen atoms in total. The molecule has 4 heteroatoms. The Balaban J connectivity index is 1.33. The first-order valence-corrected chi connectivity index (χ1v) is 9.55. The normalized spacial score (nSPS) is 22.4. The summed E-state index contributed by atoms with van der Waals surface area (Å²) >= 11 is 1.81. The Morgan fingerprint density at radius 3 is 2.74 bits per heavy atom. The van der Waals surface area contributed by atoms with Gasteiger partial charge < -0.3 is 5.32 Å². The van der Waals surface area contributed by atoms with Crippen molar-refractivity contribution in [1.29, 1.82) is 0 Å². The number of aryl methyl sites for hydroxylation is 1. The second-order valence-electron chi connectivity index (χ2n) is 6.89. The maximum atomic E-state index is 4.35. The van der Waals surface area contributed by atoms with E-state index in [1.165, 1.54) is 43.6 Å². The van der Waals surface area contributed by atoms with Crippen molar-refractivity contribution in [2.75, 3.05) is 13.1 Å². The molecule has 2 aliphatic rings. The second-order valence-corrected chi connectivity index (χ2v) is 8.21. The average molecular weight is 327 g/mol. The third-order valence-electron chi connectivity index (χ3n) is 5.23. The predicted octanol–water partition coefficient (Wildman–Crippen LogP) is 3.17. The average Bonchev–Trinajstić information content (AvgIpc) is 3.19. The number of likely N-dealkylation sites (tertiary alicyclic amines) is 1. The molecule has 1 N–H and O–H groups in total. The summed E-state index contributed by atoms with van der Waals surface area (Å²) in [7, 11) is 0. The maximum Gasteiger partial charge on any atom is 0.0897 e. The summed E-state index contributed by atoms with van der Waals surface area (Å²) < 4.78 is 0. The van der Waals surface area contributed by atoms with Gasteiger partial charge in [0.1, 0.15) is 0 Å². The van der Waals surface area contributed by atoms with E-state index >= 15 is 0 Å². The molecule has 0 bridgehead atoms. The lowest BCUT2D eigenvalue weighted by Gasteiger charge is -2.37. The van der Waals surface area contributed by atoms with Crippen molar-refractivity contribution in [2.45, 2.75) is 51.2 Å². The highest BCUT2D eigenvalue weighted by molar-refractivity contribution is 7.11. The zero-order valence-electron chi connectivity index (χ0n) is 13.8. The van der Waals surface area contributed by atoms with Crippen molar-refractivity contribution in [3.05, 3.63) is 51.5 Å². The SMILES string of the molecule is Cc1ncc(CN[C@@H]2CCCN(C3Cc4ccccc4C3)C2)s1. The number of fused-ring (bicyclic) bond motifs is 1. The fourth-order valence-electron chi connectivity index (χ4n) is 4.03. The van der Waals surface area contributed by atoms with Gasteiger partial charge in [0, 0.05) is 36.2 Å². The first-order chi connectivity index (χ1) is 11.3. The number of hydrogen-bond acceptors (Lipinski definition) is 4. The molecule has 122 valence electrons. The molecule has 1 fully saturated rings. The van der Waals surface area contributed by atoms with Crippen molar-refractivity contribution in [2.24, 2.45) is 0 Å². The highest BCUT2D eigenvalue weighted by Gasteiger charge is 2.30. The lowest BCUT2D eigenvalue weighted by Crippen LogP contribution is -2.49. The van der Waals surface area contributed by atoms with Gasteiger partial charge in [0.2, 0.25) is 0 Å². The van der Waals surface area contributed by atoms with Crippen LogP contribution in [-0.4, -0.2) is 35.1 Å². The Kier molecular flexibility index (Phi) is 4.47. The van der Waals surface area contributed by atoms with Crippen LogP contribution in [0.1, 0.15) is 33.9 Å². The summed E-state index contributed by atoms with van der Waals surface area (Å²) in [5, 5.41) is 4.92. The Hall–Kier alpha value is -1.23. The lowest BCUT2D eigenvalue weighted by molar-refractivity contribution is 0.140. The lowest BCUT2D eigenvalue weighted by atomic mass is 10.0. The summed E-state index contributed by atoms with van der Waals surface area (Å²) in [6, 6.07) is 10.3. The second kappa shape index (κ2) is 6.71. The smallest absolute Gasteiger partial charge is 0.0897 e. The van der Waals surface area contributed by atoms with E-state index in [0.717, 1.165) is 11.6 Å². The molecule has 23 heavy (non-hydrogen) atoms. The Labute approximate surface area is 142 Å². The minimum absolute atomic E-state index is 0.620. The van der Waals surface area contributed by atoms with Crippen molar-refractivity contribution in [1.82, 2.24) is 15.2 Å². The van der Waals surface area contributed by atoms with Crippen molar-refractivity contribution < 1.29 is 0 Å². The molecule has 0 amide bonds. The van der Waals surface area contributed by atoms with E-state index < -0.39 is 0 Å². The van der Waals surface area contributed by atoms with Crippen LogP contribution in [0, 0.1) is 6.92 Å². The van der Waals surface area contributed by atoms with Crippen LogP contribution in [0.15, 0.2) is 30.5 Å². The van der Waals surface area contributed by atoms with Gasteiger partial charge >= 0.3 is 0 Å². The van der Waals surface area contributed by atoms with Gasteiger partial charge in [0.15, 0.2) is 0 Å². The molecule has 2 heterocycles. The Morgan fingerprint density at radius 2 is 2.04 bits per heavy atom. The van der Waals surface area contributed by atoms with Crippen LogP contribution < -0.4 is 5.32 Å². The maximum absolute atomic E-state index is 4.35. The molecular weight excluding hydrogens is 302 g/mol. The van der Waals surface area contributed by atoms with Crippen molar-refractivity contribution in [3.63, 3.8) is 0 Å². The van der Waals surface area contributed by atoms with Crippen LogP contribution in [0.2, 0.25) is 0 Å². The van der Waals surface area contributed by atoms with Crippen LogP contribution in [0.3, 0.4) is 0 Å². The fourth-order valence-corrected chi connectivity index (χ4v) is 4.78. The molecule has 0 spiro atoms. The molecular formula is C19H25N3S. The summed E-state index contributed by atoms with van der Waals surface area (Å²) in [5.41, 5.74) is 3.13. The van der Waals surface area contributed by atoms with Gasteiger partial charge in [0.05, 0.1) is 5.01 Å². The summed E-state index contributed by atoms with van der Waals surface area (Å²) in [4.78, 5) is 8.43. The highest BCUT2D eigenvalue weighted by atomic mass is 32.1. The Morgan fingerprint density at radius 1 is 1.26 bits per heavy atom. The third-order valence-corrected chi connectivity index (χ3v) is 6.15. The number of nitrogens with zero attached hydrogens (tertiary/aromatic N) is 2. The molecule has 4 rings (SSSR count). The van der Waals surface area contributed by atoms with E-state index in [4.69, 9.17) is 0 Å². The van der Waals surface area contributed by atoms with E-state index in [0.29, 0.717) is 12.1 Å². The van der Waals surface area contributed by atoms with E-state index in [2.05, 4.69) is 46.4 Å². The van der Waals surface area contributed by atoms with Crippen molar-refractivity contribution >= 4 is 11.3 Å². The fraction of sp³-hybridized carbons (Fsp3) is 0.526. The van der Waals surface area contributed by atoms with E-state index in [9.17, 15) is 0 Å². The quantitative estimate of drug-likeness (QED) is 0.935. The number of benzene rings is 1. The van der Waals surface area contributed by atoms with E-state index in [-0.39, 0.29) is 0 Å². The van der Waals surface area contributed by atoms with Crippen LogP contribution in [0.5, 0.6) is 0 Å². The third kappa shape index (κ3) is 3.49. The number of hydrogen-bond donors (Lipinski definition) is 1. The molecule has 0 unspecified atom stereocenters. The molecule has 1 atom stereocenters. The zero-order valence-corrected chi connectivity index (χ0v) is 14.6. The van der Waals surface area contributed by atoms with Crippen LogP contribution >= 0.6 is 11.3 Å². The van der Waals surface area contributed by atoms with Crippen LogP contribution in [0.25, 0.3) is 0 Å². The van der Waals surface area contributed by atoms with Crippen LogP contribution in [0.4, 0.5) is 0 Å². The molecule has 1 aromatic carbocycles. The van der Waals surface area contributed by atoms with Gasteiger partial charge in [-0.1, -0.05) is 24.3 Å². The first kappa shape index (κ1) is 15.3. The van der Waals surface area contributed by atoms with E-state index in [1.807, 2.05) is 6.20 Å². The van der Waals surface area contributed by atoms with Gasteiger partial charge in [-0.05, 0) is 50.3 Å². The number of nitrogens with one attached hydrogen (secondary N) is 1. The molecule has 1 saturated heterocycles. The van der Waals surface area contributed by atoms with Gasteiger partial charge in [-0.25, -0.2) is 4.98 Å². The largest absolute Gasteiger partial charge is 0.308 e. The molecule has 1 aromatic heterocycles. The van der Waals surface area contributed by atoms with Gasteiger partial charge in [-0.15, -0.1) is 11.3 Å². The molecule has 1 aliphatic heterocycles. The molecule has 1 aliphatic carbocycles. The highest BCUT2D eigenvalue weighted by Crippen LogP contribution is 2.27. The molecule has 0 saturated carbocycles. The number of piperidine rings is 1. The molecule has 2 aromatic rings. The summed E-state index contributed by atoms with van der Waals surface area (Å²) in [5.74, 6) is 0. The van der Waals surface area contributed by atoms with Gasteiger partial charge in [0.25, 0.3) is 0 Å². The first-order valence-electron chi connectivity index (χ1n) is 8.73. The number of thiazole rings is 1.